The molecule has 6 nitrogen and oxygen atoms in total. The second-order valence-electron chi connectivity index (χ2n) is 7.55. The number of hydrogen-bond donors (Lipinski definition) is 1. The highest BCUT2D eigenvalue weighted by molar-refractivity contribution is 5.74. The normalized spacial score (nSPS) is 13.3. The SMILES string of the molecule is Cc1cc(C)cc(-c2cnc3[nH]c(=O)n(-c4ccc5c(c4)CCN5C)c3n2)c1. The summed E-state index contributed by atoms with van der Waals surface area (Å²) >= 11 is 0. The van der Waals surface area contributed by atoms with Crippen molar-refractivity contribution in [1.29, 1.82) is 0 Å². The number of H-pyrrole nitrogens is 1. The Morgan fingerprint density at radius 1 is 1.07 bits per heavy atom. The van der Waals surface area contributed by atoms with Crippen molar-refractivity contribution in [3.63, 3.8) is 0 Å². The van der Waals surface area contributed by atoms with Gasteiger partial charge in [0.25, 0.3) is 0 Å². The molecule has 0 saturated heterocycles. The van der Waals surface area contributed by atoms with Crippen LogP contribution in [0.15, 0.2) is 47.4 Å². The molecule has 1 N–H and O–H groups in total. The van der Waals surface area contributed by atoms with Gasteiger partial charge in [-0.1, -0.05) is 17.2 Å². The summed E-state index contributed by atoms with van der Waals surface area (Å²) in [5.74, 6) is 0. The molecule has 0 bridgehead atoms. The van der Waals surface area contributed by atoms with Gasteiger partial charge in [0.15, 0.2) is 11.3 Å². The third-order valence-electron chi connectivity index (χ3n) is 5.36. The third-order valence-corrected chi connectivity index (χ3v) is 5.36. The van der Waals surface area contributed by atoms with Crippen LogP contribution in [0.1, 0.15) is 16.7 Å². The fraction of sp³-hybridized carbons (Fsp3) is 0.227. The van der Waals surface area contributed by atoms with Crippen LogP contribution in [-0.2, 0) is 6.42 Å². The van der Waals surface area contributed by atoms with E-state index in [0.717, 1.165) is 29.9 Å². The number of rotatable bonds is 2. The number of nitrogens with zero attached hydrogens (tertiary/aromatic N) is 4. The first-order valence-corrected chi connectivity index (χ1v) is 9.40. The number of anilines is 1. The van der Waals surface area contributed by atoms with Crippen LogP contribution in [0.25, 0.3) is 28.2 Å². The van der Waals surface area contributed by atoms with E-state index in [1.165, 1.54) is 22.4 Å². The van der Waals surface area contributed by atoms with Crippen LogP contribution in [0.5, 0.6) is 0 Å². The van der Waals surface area contributed by atoms with E-state index in [-0.39, 0.29) is 5.69 Å². The van der Waals surface area contributed by atoms with Crippen LogP contribution in [0.2, 0.25) is 0 Å². The maximum absolute atomic E-state index is 12.7. The summed E-state index contributed by atoms with van der Waals surface area (Å²) in [6.45, 7) is 5.13. The second-order valence-corrected chi connectivity index (χ2v) is 7.55. The molecule has 0 atom stereocenters. The number of benzene rings is 2. The first kappa shape index (κ1) is 16.7. The summed E-state index contributed by atoms with van der Waals surface area (Å²) in [6.07, 6.45) is 2.70. The molecule has 28 heavy (non-hydrogen) atoms. The summed E-state index contributed by atoms with van der Waals surface area (Å²) in [4.78, 5) is 27.0. The minimum atomic E-state index is -0.223. The van der Waals surface area contributed by atoms with Crippen molar-refractivity contribution < 1.29 is 0 Å². The molecular formula is C22H21N5O. The zero-order chi connectivity index (χ0) is 19.4. The van der Waals surface area contributed by atoms with Gasteiger partial charge in [0.1, 0.15) is 0 Å². The van der Waals surface area contributed by atoms with Crippen molar-refractivity contribution >= 4 is 17.0 Å². The van der Waals surface area contributed by atoms with Crippen LogP contribution < -0.4 is 10.6 Å². The fourth-order valence-electron chi connectivity index (χ4n) is 4.07. The van der Waals surface area contributed by atoms with Gasteiger partial charge >= 0.3 is 5.69 Å². The number of likely N-dealkylation sites (N-methyl/N-ethyl adjacent to an activating group) is 1. The lowest BCUT2D eigenvalue weighted by Gasteiger charge is -2.12. The summed E-state index contributed by atoms with van der Waals surface area (Å²) in [5, 5.41) is 0. The number of aromatic nitrogens is 4. The molecule has 0 fully saturated rings. The van der Waals surface area contributed by atoms with Crippen molar-refractivity contribution in [2.45, 2.75) is 20.3 Å². The first-order valence-electron chi connectivity index (χ1n) is 9.40. The van der Waals surface area contributed by atoms with E-state index >= 15 is 0 Å². The highest BCUT2D eigenvalue weighted by Gasteiger charge is 2.18. The van der Waals surface area contributed by atoms with Crippen LogP contribution in [0.4, 0.5) is 5.69 Å². The van der Waals surface area contributed by atoms with Crippen molar-refractivity contribution in [1.82, 2.24) is 19.5 Å². The number of nitrogens with one attached hydrogen (secondary N) is 1. The Labute approximate surface area is 162 Å². The molecule has 5 rings (SSSR count). The molecule has 1 aliphatic heterocycles. The first-order chi connectivity index (χ1) is 13.5. The van der Waals surface area contributed by atoms with Crippen LogP contribution in [0, 0.1) is 13.8 Å². The van der Waals surface area contributed by atoms with Crippen molar-refractivity contribution in [3.8, 4) is 16.9 Å². The molecule has 0 radical (unpaired) electrons. The van der Waals surface area contributed by atoms with Gasteiger partial charge in [-0.15, -0.1) is 0 Å². The summed E-state index contributed by atoms with van der Waals surface area (Å²) in [5.41, 5.74) is 8.21. The lowest BCUT2D eigenvalue weighted by Crippen LogP contribution is -2.15. The van der Waals surface area contributed by atoms with E-state index in [4.69, 9.17) is 4.98 Å². The third kappa shape index (κ3) is 2.60. The zero-order valence-corrected chi connectivity index (χ0v) is 16.2. The van der Waals surface area contributed by atoms with Crippen LogP contribution in [0.3, 0.4) is 0 Å². The quantitative estimate of drug-likeness (QED) is 0.587. The molecule has 0 spiro atoms. The molecule has 4 aromatic rings. The molecule has 140 valence electrons. The van der Waals surface area contributed by atoms with Crippen molar-refractivity contribution in [2.24, 2.45) is 0 Å². The van der Waals surface area contributed by atoms with E-state index in [0.29, 0.717) is 11.3 Å². The Hall–Kier alpha value is -3.41. The van der Waals surface area contributed by atoms with Gasteiger partial charge in [-0.2, -0.15) is 0 Å². The maximum atomic E-state index is 12.7. The lowest BCUT2D eigenvalue weighted by atomic mass is 10.1. The minimum absolute atomic E-state index is 0.223. The molecule has 0 aliphatic carbocycles. The van der Waals surface area contributed by atoms with E-state index < -0.39 is 0 Å². The van der Waals surface area contributed by atoms with Crippen molar-refractivity contribution in [2.75, 3.05) is 18.5 Å². The number of imidazole rings is 1. The van der Waals surface area contributed by atoms with Crippen LogP contribution >= 0.6 is 0 Å². The molecule has 2 aromatic heterocycles. The molecule has 0 amide bonds. The number of fused-ring (bicyclic) bond motifs is 2. The van der Waals surface area contributed by atoms with Crippen molar-refractivity contribution in [3.05, 3.63) is 69.8 Å². The van der Waals surface area contributed by atoms with E-state index in [9.17, 15) is 4.79 Å². The molecule has 1 aliphatic rings. The van der Waals surface area contributed by atoms with Crippen LogP contribution in [-0.4, -0.2) is 33.1 Å². The minimum Gasteiger partial charge on any atom is -0.374 e. The highest BCUT2D eigenvalue weighted by atomic mass is 16.1. The highest BCUT2D eigenvalue weighted by Crippen LogP contribution is 2.29. The topological polar surface area (TPSA) is 66.8 Å². The monoisotopic (exact) mass is 371 g/mol. The number of aryl methyl sites for hydroxylation is 2. The second kappa shape index (κ2) is 6.05. The Morgan fingerprint density at radius 2 is 1.86 bits per heavy atom. The van der Waals surface area contributed by atoms with E-state index in [1.807, 2.05) is 6.07 Å². The molecule has 6 heteroatoms. The van der Waals surface area contributed by atoms with E-state index in [1.54, 1.807) is 10.8 Å². The van der Waals surface area contributed by atoms with Gasteiger partial charge in [-0.05, 0) is 56.2 Å². The number of aromatic amines is 1. The smallest absolute Gasteiger partial charge is 0.333 e. The number of hydrogen-bond acceptors (Lipinski definition) is 4. The van der Waals surface area contributed by atoms with Gasteiger partial charge in [0.2, 0.25) is 0 Å². The molecule has 3 heterocycles. The van der Waals surface area contributed by atoms with Gasteiger partial charge < -0.3 is 4.90 Å². The van der Waals surface area contributed by atoms with Gasteiger partial charge in [0.05, 0.1) is 17.6 Å². The predicted molar refractivity (Wildman–Crippen MR) is 111 cm³/mol. The standard InChI is InChI=1S/C22H21N5O/c1-13-8-14(2)10-16(9-13)18-12-23-20-21(24-18)27(22(28)25-20)17-4-5-19-15(11-17)6-7-26(19)3/h4-5,8-12H,6-7H2,1-3H3,(H,23,25,28). The maximum Gasteiger partial charge on any atom is 0.333 e. The average Bonchev–Trinajstić information content (AvgIpc) is 3.19. The Balaban J connectivity index is 1.69. The Morgan fingerprint density at radius 3 is 2.64 bits per heavy atom. The fourth-order valence-corrected chi connectivity index (χ4v) is 4.07. The molecule has 2 aromatic carbocycles. The Bertz CT molecular complexity index is 1260. The summed E-state index contributed by atoms with van der Waals surface area (Å²) < 4.78 is 1.62. The zero-order valence-electron chi connectivity index (χ0n) is 16.2. The van der Waals surface area contributed by atoms with E-state index in [2.05, 4.69) is 66.1 Å². The molecular weight excluding hydrogens is 350 g/mol. The Kier molecular flexibility index (Phi) is 3.62. The predicted octanol–water partition coefficient (Wildman–Crippen LogP) is 3.38. The van der Waals surface area contributed by atoms with Gasteiger partial charge in [0, 0.05) is 24.8 Å². The summed E-state index contributed by atoms with van der Waals surface area (Å²) in [6, 6.07) is 12.4. The average molecular weight is 371 g/mol. The molecule has 0 saturated carbocycles. The largest absolute Gasteiger partial charge is 0.374 e. The van der Waals surface area contributed by atoms with Gasteiger partial charge in [-0.25, -0.2) is 19.3 Å². The summed E-state index contributed by atoms with van der Waals surface area (Å²) in [7, 11) is 2.09. The molecule has 0 unspecified atom stereocenters. The van der Waals surface area contributed by atoms with Gasteiger partial charge in [-0.3, -0.25) is 4.98 Å². The lowest BCUT2D eigenvalue weighted by molar-refractivity contribution is 0.955.